The molecule has 1 heterocycles. The highest BCUT2D eigenvalue weighted by Crippen LogP contribution is 2.35. The summed E-state index contributed by atoms with van der Waals surface area (Å²) in [7, 11) is 3.04. The Bertz CT molecular complexity index is 603. The number of halogens is 1. The van der Waals surface area contributed by atoms with Crippen molar-refractivity contribution in [2.75, 3.05) is 47.1 Å². The number of methoxy groups -OCH3 is 2. The van der Waals surface area contributed by atoms with E-state index in [9.17, 15) is 4.79 Å². The number of ether oxygens (including phenoxy) is 3. The van der Waals surface area contributed by atoms with Gasteiger partial charge in [-0.3, -0.25) is 9.69 Å². The summed E-state index contributed by atoms with van der Waals surface area (Å²) in [6.07, 6.45) is 1.02. The van der Waals surface area contributed by atoms with Crippen LogP contribution in [-0.4, -0.2) is 63.9 Å². The fraction of sp³-hybridized carbons (Fsp3) is 0.632. The molecule has 2 rings (SSSR count). The van der Waals surface area contributed by atoms with Crippen molar-refractivity contribution in [3.05, 3.63) is 22.7 Å². The van der Waals surface area contributed by atoms with Crippen LogP contribution in [0.1, 0.15) is 30.6 Å². The average Bonchev–Trinajstić information content (AvgIpc) is 2.64. The second kappa shape index (κ2) is 10.00. The largest absolute Gasteiger partial charge is 0.493 e. The molecule has 7 heteroatoms. The molecule has 0 aliphatic carbocycles. The lowest BCUT2D eigenvalue weighted by Gasteiger charge is -2.35. The zero-order valence-electron chi connectivity index (χ0n) is 16.0. The number of morpholine rings is 1. The van der Waals surface area contributed by atoms with Gasteiger partial charge in [0.05, 0.1) is 32.5 Å². The maximum atomic E-state index is 12.6. The molecule has 1 aliphatic heterocycles. The van der Waals surface area contributed by atoms with Crippen LogP contribution >= 0.6 is 11.6 Å². The molecule has 1 amide bonds. The predicted molar refractivity (Wildman–Crippen MR) is 103 cm³/mol. The molecule has 0 aromatic heterocycles. The SMILES string of the molecule is COc1cc(C(=O)NCC(CC(C)C)N2CCOCC2)cc(Cl)c1OC. The molecule has 26 heavy (non-hydrogen) atoms. The van der Waals surface area contributed by atoms with Gasteiger partial charge in [-0.1, -0.05) is 25.4 Å². The Hall–Kier alpha value is -1.50. The highest BCUT2D eigenvalue weighted by Gasteiger charge is 2.23. The van der Waals surface area contributed by atoms with Gasteiger partial charge >= 0.3 is 0 Å². The standard InChI is InChI=1S/C19H29ClN2O4/c1-13(2)9-15(22-5-7-26-8-6-22)12-21-19(23)14-10-16(20)18(25-4)17(11-14)24-3/h10-11,13,15H,5-9,12H2,1-4H3,(H,21,23). The number of nitrogens with one attached hydrogen (secondary N) is 1. The second-order valence-corrected chi connectivity index (χ2v) is 7.24. The molecule has 6 nitrogen and oxygen atoms in total. The molecule has 1 atom stereocenters. The summed E-state index contributed by atoms with van der Waals surface area (Å²) in [5, 5.41) is 3.39. The first-order chi connectivity index (χ1) is 12.5. The number of benzene rings is 1. The number of carbonyl (C=O) groups excluding carboxylic acids is 1. The molecule has 0 saturated carbocycles. The van der Waals surface area contributed by atoms with Crippen molar-refractivity contribution in [2.45, 2.75) is 26.3 Å². The fourth-order valence-electron chi connectivity index (χ4n) is 3.21. The van der Waals surface area contributed by atoms with Gasteiger partial charge in [0.1, 0.15) is 0 Å². The number of nitrogens with zero attached hydrogens (tertiary/aromatic N) is 1. The van der Waals surface area contributed by atoms with Gasteiger partial charge < -0.3 is 19.5 Å². The van der Waals surface area contributed by atoms with Gasteiger partial charge in [0.2, 0.25) is 0 Å². The molecule has 0 radical (unpaired) electrons. The van der Waals surface area contributed by atoms with Gasteiger partial charge in [-0.05, 0) is 24.5 Å². The molecular weight excluding hydrogens is 356 g/mol. The van der Waals surface area contributed by atoms with E-state index in [0.29, 0.717) is 40.6 Å². The molecule has 1 fully saturated rings. The molecular formula is C19H29ClN2O4. The van der Waals surface area contributed by atoms with Gasteiger partial charge in [-0.2, -0.15) is 0 Å². The van der Waals surface area contributed by atoms with Crippen LogP contribution in [0.2, 0.25) is 5.02 Å². The maximum absolute atomic E-state index is 12.6. The summed E-state index contributed by atoms with van der Waals surface area (Å²) in [6, 6.07) is 3.54. The quantitative estimate of drug-likeness (QED) is 0.746. The van der Waals surface area contributed by atoms with Crippen molar-refractivity contribution < 1.29 is 19.0 Å². The Labute approximate surface area is 160 Å². The lowest BCUT2D eigenvalue weighted by atomic mass is 10.0. The van der Waals surface area contributed by atoms with Crippen LogP contribution in [0.25, 0.3) is 0 Å². The van der Waals surface area contributed by atoms with Crippen molar-refractivity contribution in [1.82, 2.24) is 10.2 Å². The molecule has 1 unspecified atom stereocenters. The minimum atomic E-state index is -0.171. The average molecular weight is 385 g/mol. The normalized spacial score (nSPS) is 16.4. The lowest BCUT2D eigenvalue weighted by Crippen LogP contribution is -2.49. The van der Waals surface area contributed by atoms with E-state index in [1.54, 1.807) is 12.1 Å². The second-order valence-electron chi connectivity index (χ2n) is 6.84. The van der Waals surface area contributed by atoms with Gasteiger partial charge in [0, 0.05) is 31.2 Å². The molecule has 1 aromatic carbocycles. The molecule has 1 aromatic rings. The van der Waals surface area contributed by atoms with E-state index in [4.69, 9.17) is 25.8 Å². The Morgan fingerprint density at radius 1 is 1.27 bits per heavy atom. The monoisotopic (exact) mass is 384 g/mol. The third-order valence-electron chi connectivity index (χ3n) is 4.50. The molecule has 146 valence electrons. The third kappa shape index (κ3) is 5.50. The van der Waals surface area contributed by atoms with Gasteiger partial charge in [-0.15, -0.1) is 0 Å². The van der Waals surface area contributed by atoms with E-state index >= 15 is 0 Å². The first kappa shape index (κ1) is 20.8. The Morgan fingerprint density at radius 3 is 2.54 bits per heavy atom. The van der Waals surface area contributed by atoms with Crippen LogP contribution in [-0.2, 0) is 4.74 Å². The highest BCUT2D eigenvalue weighted by molar-refractivity contribution is 6.32. The minimum absolute atomic E-state index is 0.171. The van der Waals surface area contributed by atoms with Crippen molar-refractivity contribution >= 4 is 17.5 Å². The smallest absolute Gasteiger partial charge is 0.251 e. The molecule has 0 bridgehead atoms. The predicted octanol–water partition coefficient (Wildman–Crippen LogP) is 2.83. The van der Waals surface area contributed by atoms with Crippen molar-refractivity contribution in [2.24, 2.45) is 5.92 Å². The Morgan fingerprint density at radius 2 is 1.96 bits per heavy atom. The first-order valence-corrected chi connectivity index (χ1v) is 9.35. The van der Waals surface area contributed by atoms with Crippen LogP contribution in [0.5, 0.6) is 11.5 Å². The fourth-order valence-corrected chi connectivity index (χ4v) is 3.50. The first-order valence-electron chi connectivity index (χ1n) is 8.97. The number of hydrogen-bond acceptors (Lipinski definition) is 5. The third-order valence-corrected chi connectivity index (χ3v) is 4.78. The van der Waals surface area contributed by atoms with E-state index in [2.05, 4.69) is 24.1 Å². The van der Waals surface area contributed by atoms with E-state index in [-0.39, 0.29) is 5.91 Å². The molecule has 0 spiro atoms. The Kier molecular flexibility index (Phi) is 8.00. The molecule has 1 saturated heterocycles. The number of carbonyl (C=O) groups is 1. The highest BCUT2D eigenvalue weighted by atomic mass is 35.5. The van der Waals surface area contributed by atoms with Crippen molar-refractivity contribution in [3.63, 3.8) is 0 Å². The molecule has 1 N–H and O–H groups in total. The van der Waals surface area contributed by atoms with Crippen LogP contribution in [0, 0.1) is 5.92 Å². The van der Waals surface area contributed by atoms with E-state index in [1.165, 1.54) is 14.2 Å². The summed E-state index contributed by atoms with van der Waals surface area (Å²) >= 11 is 6.20. The van der Waals surface area contributed by atoms with Crippen molar-refractivity contribution in [3.8, 4) is 11.5 Å². The Balaban J connectivity index is 2.06. The summed E-state index contributed by atoms with van der Waals surface area (Å²) in [5.41, 5.74) is 0.456. The lowest BCUT2D eigenvalue weighted by molar-refractivity contribution is 0.0124. The number of amides is 1. The van der Waals surface area contributed by atoms with Crippen LogP contribution in [0.3, 0.4) is 0 Å². The molecule has 1 aliphatic rings. The van der Waals surface area contributed by atoms with Crippen LogP contribution in [0.15, 0.2) is 12.1 Å². The summed E-state index contributed by atoms with van der Waals surface area (Å²) in [4.78, 5) is 15.0. The minimum Gasteiger partial charge on any atom is -0.493 e. The van der Waals surface area contributed by atoms with E-state index in [0.717, 1.165) is 32.7 Å². The number of hydrogen-bond donors (Lipinski definition) is 1. The van der Waals surface area contributed by atoms with Crippen LogP contribution in [0.4, 0.5) is 0 Å². The van der Waals surface area contributed by atoms with Crippen LogP contribution < -0.4 is 14.8 Å². The topological polar surface area (TPSA) is 60.0 Å². The summed E-state index contributed by atoms with van der Waals surface area (Å²) in [5.74, 6) is 1.25. The summed E-state index contributed by atoms with van der Waals surface area (Å²) < 4.78 is 15.9. The maximum Gasteiger partial charge on any atom is 0.251 e. The van der Waals surface area contributed by atoms with Gasteiger partial charge in [0.25, 0.3) is 5.91 Å². The zero-order valence-corrected chi connectivity index (χ0v) is 16.8. The van der Waals surface area contributed by atoms with Gasteiger partial charge in [0.15, 0.2) is 11.5 Å². The van der Waals surface area contributed by atoms with E-state index in [1.807, 2.05) is 0 Å². The van der Waals surface area contributed by atoms with Gasteiger partial charge in [-0.25, -0.2) is 0 Å². The van der Waals surface area contributed by atoms with Crippen molar-refractivity contribution in [1.29, 1.82) is 0 Å². The number of rotatable bonds is 8. The summed E-state index contributed by atoms with van der Waals surface area (Å²) in [6.45, 7) is 8.27. The van der Waals surface area contributed by atoms with E-state index < -0.39 is 0 Å². The zero-order chi connectivity index (χ0) is 19.1.